The monoisotopic (exact) mass is 265 g/mol. The van der Waals surface area contributed by atoms with Crippen LogP contribution < -0.4 is 0 Å². The van der Waals surface area contributed by atoms with Crippen molar-refractivity contribution in [3.8, 4) is 0 Å². The summed E-state index contributed by atoms with van der Waals surface area (Å²) in [6.45, 7) is 3.28. The highest BCUT2D eigenvalue weighted by Gasteiger charge is 2.54. The number of hydrogen-bond donors (Lipinski definition) is 0. The van der Waals surface area contributed by atoms with Gasteiger partial charge in [0.25, 0.3) is 5.91 Å². The Balaban J connectivity index is 2.01. The van der Waals surface area contributed by atoms with Crippen LogP contribution >= 0.6 is 0 Å². The van der Waals surface area contributed by atoms with Gasteiger partial charge in [-0.15, -0.1) is 0 Å². The second-order valence-corrected chi connectivity index (χ2v) is 5.36. The number of hydrogen-bond acceptors (Lipinski definition) is 2. The summed E-state index contributed by atoms with van der Waals surface area (Å²) < 4.78 is 6.11. The van der Waals surface area contributed by atoms with Crippen LogP contribution in [0.1, 0.15) is 27.0 Å². The molecule has 2 aromatic carbocycles. The fraction of sp³-hybridized carbons (Fsp3) is 0.235. The molecule has 1 unspecified atom stereocenters. The topological polar surface area (TPSA) is 29.5 Å². The standard InChI is InChI=1S/C17H15NO2/c1-12-5-4-6-13(11-12)17-15-8-3-2-7-14(15)16(19)18(17)9-10-20-17/h2-8,11H,9-10H2,1H3. The van der Waals surface area contributed by atoms with Gasteiger partial charge in [-0.2, -0.15) is 0 Å². The molecule has 2 aliphatic heterocycles. The van der Waals surface area contributed by atoms with E-state index in [-0.39, 0.29) is 5.91 Å². The van der Waals surface area contributed by atoms with Crippen LogP contribution in [0.25, 0.3) is 0 Å². The fourth-order valence-electron chi connectivity index (χ4n) is 3.35. The molecule has 1 saturated heterocycles. The van der Waals surface area contributed by atoms with Crippen molar-refractivity contribution in [2.75, 3.05) is 13.2 Å². The Labute approximate surface area is 117 Å². The van der Waals surface area contributed by atoms with E-state index in [1.165, 1.54) is 5.56 Å². The van der Waals surface area contributed by atoms with E-state index in [9.17, 15) is 4.79 Å². The van der Waals surface area contributed by atoms with Crippen molar-refractivity contribution in [2.45, 2.75) is 12.6 Å². The Bertz CT molecular complexity index is 710. The van der Waals surface area contributed by atoms with Crippen LogP contribution in [0.4, 0.5) is 0 Å². The van der Waals surface area contributed by atoms with Gasteiger partial charge < -0.3 is 4.74 Å². The van der Waals surface area contributed by atoms with Crippen LogP contribution in [-0.2, 0) is 10.5 Å². The molecule has 0 aromatic heterocycles. The molecule has 2 heterocycles. The predicted molar refractivity (Wildman–Crippen MR) is 75.4 cm³/mol. The third-order valence-electron chi connectivity index (χ3n) is 4.18. The van der Waals surface area contributed by atoms with Crippen molar-refractivity contribution >= 4 is 5.91 Å². The fourth-order valence-corrected chi connectivity index (χ4v) is 3.35. The predicted octanol–water partition coefficient (Wildman–Crippen LogP) is 2.68. The van der Waals surface area contributed by atoms with Gasteiger partial charge in [0, 0.05) is 23.2 Å². The van der Waals surface area contributed by atoms with Gasteiger partial charge in [0.1, 0.15) is 0 Å². The Morgan fingerprint density at radius 3 is 2.85 bits per heavy atom. The summed E-state index contributed by atoms with van der Waals surface area (Å²) in [6, 6.07) is 16.0. The zero-order valence-corrected chi connectivity index (χ0v) is 11.3. The molecule has 0 bridgehead atoms. The Morgan fingerprint density at radius 1 is 1.15 bits per heavy atom. The van der Waals surface area contributed by atoms with Gasteiger partial charge in [0.15, 0.2) is 5.72 Å². The van der Waals surface area contributed by atoms with Crippen LogP contribution in [0.5, 0.6) is 0 Å². The maximum absolute atomic E-state index is 12.6. The number of rotatable bonds is 1. The number of carbonyl (C=O) groups is 1. The van der Waals surface area contributed by atoms with Crippen LogP contribution in [0, 0.1) is 6.92 Å². The van der Waals surface area contributed by atoms with Gasteiger partial charge in [-0.1, -0.05) is 48.0 Å². The van der Waals surface area contributed by atoms with E-state index in [1.807, 2.05) is 41.3 Å². The summed E-state index contributed by atoms with van der Waals surface area (Å²) in [5.74, 6) is 0.0691. The van der Waals surface area contributed by atoms with Crippen molar-refractivity contribution in [2.24, 2.45) is 0 Å². The van der Waals surface area contributed by atoms with E-state index < -0.39 is 5.72 Å². The lowest BCUT2D eigenvalue weighted by atomic mass is 9.93. The third kappa shape index (κ3) is 1.30. The molecular weight excluding hydrogens is 250 g/mol. The molecule has 2 aromatic rings. The minimum absolute atomic E-state index is 0.0691. The summed E-state index contributed by atoms with van der Waals surface area (Å²) in [4.78, 5) is 14.4. The number of amides is 1. The van der Waals surface area contributed by atoms with E-state index in [0.29, 0.717) is 13.2 Å². The van der Waals surface area contributed by atoms with Gasteiger partial charge in [-0.25, -0.2) is 0 Å². The van der Waals surface area contributed by atoms with Gasteiger partial charge in [0.05, 0.1) is 6.61 Å². The molecule has 1 atom stereocenters. The lowest BCUT2D eigenvalue weighted by Gasteiger charge is -2.32. The number of benzene rings is 2. The second-order valence-electron chi connectivity index (χ2n) is 5.36. The van der Waals surface area contributed by atoms with Gasteiger partial charge >= 0.3 is 0 Å². The first kappa shape index (κ1) is 11.7. The van der Waals surface area contributed by atoms with Crippen molar-refractivity contribution in [3.05, 3.63) is 70.8 Å². The van der Waals surface area contributed by atoms with Crippen molar-refractivity contribution in [1.29, 1.82) is 0 Å². The largest absolute Gasteiger partial charge is 0.345 e. The van der Waals surface area contributed by atoms with Crippen LogP contribution in [0.2, 0.25) is 0 Å². The number of nitrogens with zero attached hydrogens (tertiary/aromatic N) is 1. The highest BCUT2D eigenvalue weighted by atomic mass is 16.5. The average Bonchev–Trinajstić information content (AvgIpc) is 3.00. The van der Waals surface area contributed by atoms with Crippen LogP contribution in [-0.4, -0.2) is 24.0 Å². The van der Waals surface area contributed by atoms with Crippen molar-refractivity contribution in [3.63, 3.8) is 0 Å². The quantitative estimate of drug-likeness (QED) is 0.793. The molecule has 3 heteroatoms. The molecule has 3 nitrogen and oxygen atoms in total. The lowest BCUT2D eigenvalue weighted by Crippen LogP contribution is -2.40. The van der Waals surface area contributed by atoms with E-state index in [0.717, 1.165) is 16.7 Å². The first-order valence-corrected chi connectivity index (χ1v) is 6.86. The second kappa shape index (κ2) is 3.93. The number of ether oxygens (including phenoxy) is 1. The molecule has 4 rings (SSSR count). The summed E-state index contributed by atoms with van der Waals surface area (Å²) >= 11 is 0. The molecule has 0 N–H and O–H groups in total. The molecule has 0 spiro atoms. The van der Waals surface area contributed by atoms with Gasteiger partial charge in [-0.05, 0) is 13.0 Å². The molecule has 0 radical (unpaired) electrons. The van der Waals surface area contributed by atoms with Gasteiger partial charge in [0.2, 0.25) is 0 Å². The van der Waals surface area contributed by atoms with Crippen molar-refractivity contribution < 1.29 is 9.53 Å². The summed E-state index contributed by atoms with van der Waals surface area (Å²) in [7, 11) is 0. The maximum Gasteiger partial charge on any atom is 0.257 e. The summed E-state index contributed by atoms with van der Waals surface area (Å²) in [5.41, 5.74) is 3.21. The molecule has 0 aliphatic carbocycles. The number of aryl methyl sites for hydroxylation is 1. The third-order valence-corrected chi connectivity index (χ3v) is 4.18. The molecule has 0 saturated carbocycles. The molecule has 100 valence electrons. The Morgan fingerprint density at radius 2 is 2.00 bits per heavy atom. The maximum atomic E-state index is 12.6. The zero-order chi connectivity index (χ0) is 13.7. The first-order chi connectivity index (χ1) is 9.73. The lowest BCUT2D eigenvalue weighted by molar-refractivity contribution is -0.0304. The van der Waals surface area contributed by atoms with E-state index in [4.69, 9.17) is 4.74 Å². The molecule has 1 amide bonds. The molecule has 20 heavy (non-hydrogen) atoms. The molecule has 2 aliphatic rings. The SMILES string of the molecule is Cc1cccc(C23OCCN2C(=O)c2ccccc23)c1. The zero-order valence-electron chi connectivity index (χ0n) is 11.3. The van der Waals surface area contributed by atoms with E-state index >= 15 is 0 Å². The highest BCUT2D eigenvalue weighted by Crippen LogP contribution is 2.47. The van der Waals surface area contributed by atoms with Crippen molar-refractivity contribution in [1.82, 2.24) is 4.90 Å². The van der Waals surface area contributed by atoms with E-state index in [1.54, 1.807) is 0 Å². The molecule has 1 fully saturated rings. The Kier molecular flexibility index (Phi) is 2.30. The first-order valence-electron chi connectivity index (χ1n) is 6.86. The Hall–Kier alpha value is -2.13. The average molecular weight is 265 g/mol. The summed E-state index contributed by atoms with van der Waals surface area (Å²) in [5, 5.41) is 0. The van der Waals surface area contributed by atoms with E-state index in [2.05, 4.69) is 19.1 Å². The highest BCUT2D eigenvalue weighted by molar-refractivity contribution is 6.00. The smallest absolute Gasteiger partial charge is 0.257 e. The number of fused-ring (bicyclic) bond motifs is 3. The van der Waals surface area contributed by atoms with Crippen LogP contribution in [0.15, 0.2) is 48.5 Å². The number of carbonyl (C=O) groups excluding carboxylic acids is 1. The molecular formula is C17H15NO2. The normalized spacial score (nSPS) is 23.9. The van der Waals surface area contributed by atoms with Crippen LogP contribution in [0.3, 0.4) is 0 Å². The summed E-state index contributed by atoms with van der Waals surface area (Å²) in [6.07, 6.45) is 0. The van der Waals surface area contributed by atoms with Gasteiger partial charge in [-0.3, -0.25) is 9.69 Å². The minimum atomic E-state index is -0.723. The minimum Gasteiger partial charge on any atom is -0.345 e.